The van der Waals surface area contributed by atoms with Crippen LogP contribution < -0.4 is 4.90 Å². The summed E-state index contributed by atoms with van der Waals surface area (Å²) < 4.78 is 40.5. The van der Waals surface area contributed by atoms with Crippen molar-refractivity contribution in [2.75, 3.05) is 4.90 Å². The van der Waals surface area contributed by atoms with Crippen molar-refractivity contribution in [3.8, 4) is 0 Å². The zero-order chi connectivity index (χ0) is 23.9. The highest BCUT2D eigenvalue weighted by molar-refractivity contribution is 7.95. The van der Waals surface area contributed by atoms with E-state index in [0.717, 1.165) is 29.2 Å². The van der Waals surface area contributed by atoms with Crippen LogP contribution in [0.5, 0.6) is 0 Å². The van der Waals surface area contributed by atoms with E-state index >= 15 is 0 Å². The van der Waals surface area contributed by atoms with Crippen LogP contribution in [0.4, 0.5) is 15.8 Å². The van der Waals surface area contributed by atoms with Gasteiger partial charge in [-0.05, 0) is 54.1 Å². The maximum absolute atomic E-state index is 13.6. The number of carbonyl (C=O) groups is 1. The van der Waals surface area contributed by atoms with Gasteiger partial charge in [0.2, 0.25) is 9.84 Å². The van der Waals surface area contributed by atoms with Gasteiger partial charge in [0, 0.05) is 22.8 Å². The lowest BCUT2D eigenvalue weighted by Crippen LogP contribution is -2.31. The first-order valence-corrected chi connectivity index (χ1v) is 11.2. The standard InChI is InChI=1S/C22H14ClFN2O6S/c23-14-3-11-18(12-4-14)33(31,32)21-19(13-1-5-15(24)6-2-13)25(22(28)20(21)27)16-7-9-17(10-8-16)26(29)30/h1-12,19,27H/t19-/m0/s1. The number of sulfone groups is 1. The van der Waals surface area contributed by atoms with Gasteiger partial charge < -0.3 is 5.11 Å². The number of nitrogens with zero attached hydrogens (tertiary/aromatic N) is 2. The van der Waals surface area contributed by atoms with E-state index in [4.69, 9.17) is 11.6 Å². The summed E-state index contributed by atoms with van der Waals surface area (Å²) in [5.41, 5.74) is 0.0717. The summed E-state index contributed by atoms with van der Waals surface area (Å²) in [4.78, 5) is 23.6. The molecule has 0 fully saturated rings. The number of aliphatic hydroxyl groups is 1. The fraction of sp³-hybridized carbons (Fsp3) is 0.0455. The molecule has 168 valence electrons. The fourth-order valence-corrected chi connectivity index (χ4v) is 5.30. The summed E-state index contributed by atoms with van der Waals surface area (Å²) in [6.07, 6.45) is 0. The number of hydrogen-bond donors (Lipinski definition) is 1. The van der Waals surface area contributed by atoms with E-state index in [1.807, 2.05) is 0 Å². The van der Waals surface area contributed by atoms with Gasteiger partial charge in [0.1, 0.15) is 16.8 Å². The average Bonchev–Trinajstić information content (AvgIpc) is 3.06. The molecule has 1 atom stereocenters. The maximum Gasteiger partial charge on any atom is 0.295 e. The predicted octanol–water partition coefficient (Wildman–Crippen LogP) is 4.72. The predicted molar refractivity (Wildman–Crippen MR) is 118 cm³/mol. The summed E-state index contributed by atoms with van der Waals surface area (Å²) in [5.74, 6) is -2.61. The van der Waals surface area contributed by atoms with Gasteiger partial charge in [0.25, 0.3) is 11.6 Å². The van der Waals surface area contributed by atoms with Crippen LogP contribution in [0.1, 0.15) is 11.6 Å². The lowest BCUT2D eigenvalue weighted by atomic mass is 10.1. The Labute approximate surface area is 192 Å². The van der Waals surface area contributed by atoms with E-state index in [0.29, 0.717) is 0 Å². The highest BCUT2D eigenvalue weighted by Crippen LogP contribution is 2.45. The smallest absolute Gasteiger partial charge is 0.295 e. The Morgan fingerprint density at radius 3 is 2.09 bits per heavy atom. The molecule has 33 heavy (non-hydrogen) atoms. The molecule has 0 bridgehead atoms. The summed E-state index contributed by atoms with van der Waals surface area (Å²) in [6.45, 7) is 0. The molecule has 1 aliphatic rings. The van der Waals surface area contributed by atoms with E-state index in [-0.39, 0.29) is 26.9 Å². The SMILES string of the molecule is O=C1C(O)=C(S(=O)(=O)c2ccc(Cl)cc2)[C@H](c2ccc(F)cc2)N1c1ccc([N+](=O)[O-])cc1. The van der Waals surface area contributed by atoms with Crippen molar-refractivity contribution in [3.05, 3.63) is 110 Å². The van der Waals surface area contributed by atoms with E-state index in [1.54, 1.807) is 0 Å². The van der Waals surface area contributed by atoms with Crippen LogP contribution >= 0.6 is 11.6 Å². The van der Waals surface area contributed by atoms with E-state index < -0.39 is 43.2 Å². The lowest BCUT2D eigenvalue weighted by Gasteiger charge is -2.27. The second-order valence-electron chi connectivity index (χ2n) is 7.07. The number of nitro groups is 1. The first-order valence-electron chi connectivity index (χ1n) is 9.38. The number of rotatable bonds is 5. The van der Waals surface area contributed by atoms with Crippen molar-refractivity contribution in [3.63, 3.8) is 0 Å². The molecule has 4 rings (SSSR count). The Kier molecular flexibility index (Phi) is 5.64. The van der Waals surface area contributed by atoms with Gasteiger partial charge in [-0.15, -0.1) is 0 Å². The molecule has 8 nitrogen and oxygen atoms in total. The first kappa shape index (κ1) is 22.4. The van der Waals surface area contributed by atoms with Crippen molar-refractivity contribution >= 4 is 38.7 Å². The molecule has 0 radical (unpaired) electrons. The number of nitro benzene ring substituents is 1. The van der Waals surface area contributed by atoms with E-state index in [2.05, 4.69) is 0 Å². The van der Waals surface area contributed by atoms with Crippen LogP contribution in [0.3, 0.4) is 0 Å². The Balaban J connectivity index is 1.91. The van der Waals surface area contributed by atoms with Crippen molar-refractivity contribution < 1.29 is 27.6 Å². The summed E-state index contributed by atoms with van der Waals surface area (Å²) in [5, 5.41) is 21.9. The van der Waals surface area contributed by atoms with Gasteiger partial charge in [-0.25, -0.2) is 12.8 Å². The fourth-order valence-electron chi connectivity index (χ4n) is 3.55. The van der Waals surface area contributed by atoms with Crippen molar-refractivity contribution in [1.82, 2.24) is 0 Å². The number of benzene rings is 3. The zero-order valence-electron chi connectivity index (χ0n) is 16.6. The summed E-state index contributed by atoms with van der Waals surface area (Å²) in [7, 11) is -4.40. The van der Waals surface area contributed by atoms with Crippen LogP contribution in [0.25, 0.3) is 0 Å². The molecular weight excluding hydrogens is 475 g/mol. The number of carbonyl (C=O) groups excluding carboxylic acids is 1. The number of amides is 1. The van der Waals surface area contributed by atoms with E-state index in [9.17, 15) is 32.8 Å². The number of anilines is 1. The number of halogens is 2. The molecule has 0 aliphatic carbocycles. The molecule has 0 saturated carbocycles. The van der Waals surface area contributed by atoms with Gasteiger partial charge in [-0.2, -0.15) is 0 Å². The van der Waals surface area contributed by atoms with Crippen LogP contribution in [0.2, 0.25) is 5.02 Å². The minimum absolute atomic E-state index is 0.104. The Bertz CT molecular complexity index is 1390. The largest absolute Gasteiger partial charge is 0.502 e. The number of aliphatic hydroxyl groups excluding tert-OH is 1. The molecule has 11 heteroatoms. The van der Waals surface area contributed by atoms with Crippen molar-refractivity contribution in [1.29, 1.82) is 0 Å². The average molecular weight is 489 g/mol. The third kappa shape index (κ3) is 3.94. The minimum atomic E-state index is -4.40. The topological polar surface area (TPSA) is 118 Å². The maximum atomic E-state index is 13.6. The second kappa shape index (κ2) is 8.30. The third-order valence-electron chi connectivity index (χ3n) is 5.10. The Hall–Kier alpha value is -3.76. The zero-order valence-corrected chi connectivity index (χ0v) is 18.1. The molecular formula is C22H14ClFN2O6S. The van der Waals surface area contributed by atoms with Crippen molar-refractivity contribution in [2.45, 2.75) is 10.9 Å². The minimum Gasteiger partial charge on any atom is -0.502 e. The van der Waals surface area contributed by atoms with Crippen LogP contribution in [-0.2, 0) is 14.6 Å². The Morgan fingerprint density at radius 1 is 0.970 bits per heavy atom. The van der Waals surface area contributed by atoms with Gasteiger partial charge in [0.05, 0.1) is 9.82 Å². The highest BCUT2D eigenvalue weighted by atomic mass is 35.5. The molecule has 1 heterocycles. The summed E-state index contributed by atoms with van der Waals surface area (Å²) in [6, 6.07) is 13.4. The molecule has 3 aromatic carbocycles. The van der Waals surface area contributed by atoms with E-state index in [1.165, 1.54) is 48.5 Å². The van der Waals surface area contributed by atoms with Gasteiger partial charge in [-0.3, -0.25) is 19.8 Å². The molecule has 0 unspecified atom stereocenters. The second-order valence-corrected chi connectivity index (χ2v) is 9.43. The Morgan fingerprint density at radius 2 is 1.55 bits per heavy atom. The molecule has 3 aromatic rings. The number of non-ortho nitro benzene ring substituents is 1. The molecule has 0 spiro atoms. The van der Waals surface area contributed by atoms with Gasteiger partial charge in [-0.1, -0.05) is 23.7 Å². The highest BCUT2D eigenvalue weighted by Gasteiger charge is 2.47. The lowest BCUT2D eigenvalue weighted by molar-refractivity contribution is -0.384. The third-order valence-corrected chi connectivity index (χ3v) is 7.24. The summed E-state index contributed by atoms with van der Waals surface area (Å²) >= 11 is 5.85. The number of hydrogen-bond acceptors (Lipinski definition) is 6. The molecule has 1 N–H and O–H groups in total. The molecule has 1 aliphatic heterocycles. The van der Waals surface area contributed by atoms with Crippen LogP contribution in [0.15, 0.2) is 88.4 Å². The molecule has 0 aromatic heterocycles. The molecule has 0 saturated heterocycles. The van der Waals surface area contributed by atoms with Gasteiger partial charge >= 0.3 is 0 Å². The van der Waals surface area contributed by atoms with Crippen LogP contribution in [-0.4, -0.2) is 24.4 Å². The quantitative estimate of drug-likeness (QED) is 0.410. The first-order chi connectivity index (χ1) is 15.6. The van der Waals surface area contributed by atoms with Gasteiger partial charge in [0.15, 0.2) is 5.76 Å². The normalized spacial score (nSPS) is 16.4. The van der Waals surface area contributed by atoms with Crippen molar-refractivity contribution in [2.24, 2.45) is 0 Å². The molecule has 1 amide bonds. The van der Waals surface area contributed by atoms with Crippen LogP contribution in [0, 0.1) is 15.9 Å². The monoisotopic (exact) mass is 488 g/mol.